The topological polar surface area (TPSA) is 131 Å². The van der Waals surface area contributed by atoms with Crippen molar-refractivity contribution in [1.29, 1.82) is 0 Å². The number of aryl methyl sites for hydroxylation is 2. The molecule has 32 heavy (non-hydrogen) atoms. The minimum Gasteiger partial charge on any atom is -0.478 e. The van der Waals surface area contributed by atoms with Gasteiger partial charge in [-0.05, 0) is 55.9 Å². The number of esters is 1. The van der Waals surface area contributed by atoms with Crippen molar-refractivity contribution < 1.29 is 19.4 Å². The molecule has 2 aliphatic rings. The van der Waals surface area contributed by atoms with Crippen LogP contribution in [0.4, 0.5) is 0 Å². The second-order valence-electron chi connectivity index (χ2n) is 8.78. The molecule has 0 bridgehead atoms. The first-order valence-electron chi connectivity index (χ1n) is 10.7. The monoisotopic (exact) mass is 432 g/mol. The van der Waals surface area contributed by atoms with E-state index in [-0.39, 0.29) is 11.4 Å². The molecule has 4 N–H and O–H groups in total. The van der Waals surface area contributed by atoms with E-state index in [1.807, 2.05) is 25.3 Å². The van der Waals surface area contributed by atoms with Gasteiger partial charge in [-0.15, -0.1) is 0 Å². The summed E-state index contributed by atoms with van der Waals surface area (Å²) in [6.45, 7) is 3.17. The number of aromatic amines is 1. The maximum atomic E-state index is 12.1. The zero-order chi connectivity index (χ0) is 22.6. The number of nitrogens with two attached hydrogens (primary N) is 1. The van der Waals surface area contributed by atoms with Gasteiger partial charge in [-0.3, -0.25) is 9.78 Å². The lowest BCUT2D eigenvalue weighted by molar-refractivity contribution is -0.132. The molecule has 0 aromatic carbocycles. The Balaban J connectivity index is 1.58. The third-order valence-electron chi connectivity index (χ3n) is 6.30. The fourth-order valence-corrected chi connectivity index (χ4v) is 4.49. The molecule has 164 valence electrons. The molecule has 8 nitrogen and oxygen atoms in total. The van der Waals surface area contributed by atoms with Crippen LogP contribution in [0.3, 0.4) is 0 Å². The molecule has 0 atom stereocenters. The van der Waals surface area contributed by atoms with Gasteiger partial charge in [0.15, 0.2) is 0 Å². The first kappa shape index (κ1) is 20.4. The summed E-state index contributed by atoms with van der Waals surface area (Å²) in [5.74, 6) is -1.10. The standard InChI is InChI=1S/C24H24N4O4/c1-12-15(5-6-20(27-12)32-13(2)29)18-9-17-14(11-26-18)3-4-16-21(23(30)31)19(28-22(16)17)10-24(25)7-8-24/h5-6,9,11,28H,3-4,7-8,10,25H2,1-2H3,(H,30,31). The molecule has 2 aliphatic carbocycles. The number of carboxylic acids is 1. The Bertz CT molecular complexity index is 1270. The smallest absolute Gasteiger partial charge is 0.337 e. The summed E-state index contributed by atoms with van der Waals surface area (Å²) in [5.41, 5.74) is 13.0. The number of aromatic nitrogens is 3. The Kier molecular flexibility index (Phi) is 4.63. The Morgan fingerprint density at radius 2 is 2.03 bits per heavy atom. The number of carbonyl (C=O) groups is 2. The van der Waals surface area contributed by atoms with Gasteiger partial charge in [0.1, 0.15) is 0 Å². The summed E-state index contributed by atoms with van der Waals surface area (Å²) >= 11 is 0. The number of aromatic carboxylic acids is 1. The van der Waals surface area contributed by atoms with Gasteiger partial charge in [0, 0.05) is 48.0 Å². The van der Waals surface area contributed by atoms with Crippen molar-refractivity contribution in [2.24, 2.45) is 5.73 Å². The summed E-state index contributed by atoms with van der Waals surface area (Å²) in [6.07, 6.45) is 5.58. The van der Waals surface area contributed by atoms with E-state index in [2.05, 4.69) is 15.0 Å². The van der Waals surface area contributed by atoms with Gasteiger partial charge in [0.25, 0.3) is 0 Å². The fraction of sp³-hybridized carbons (Fsp3) is 0.333. The van der Waals surface area contributed by atoms with Gasteiger partial charge in [-0.2, -0.15) is 0 Å². The van der Waals surface area contributed by atoms with Crippen molar-refractivity contribution in [2.45, 2.75) is 51.5 Å². The minimum absolute atomic E-state index is 0.245. The van der Waals surface area contributed by atoms with E-state index in [9.17, 15) is 14.7 Å². The number of pyridine rings is 2. The highest BCUT2D eigenvalue weighted by Gasteiger charge is 2.40. The highest BCUT2D eigenvalue weighted by Crippen LogP contribution is 2.41. The van der Waals surface area contributed by atoms with E-state index < -0.39 is 11.9 Å². The van der Waals surface area contributed by atoms with Crippen molar-refractivity contribution in [2.75, 3.05) is 0 Å². The summed E-state index contributed by atoms with van der Waals surface area (Å²) in [6, 6.07) is 5.44. The minimum atomic E-state index is -0.916. The van der Waals surface area contributed by atoms with Crippen LogP contribution in [-0.4, -0.2) is 37.5 Å². The molecule has 3 aromatic rings. The molecule has 5 rings (SSSR count). The van der Waals surface area contributed by atoms with Crippen molar-refractivity contribution >= 4 is 11.9 Å². The molecular weight excluding hydrogens is 408 g/mol. The quantitative estimate of drug-likeness (QED) is 0.528. The summed E-state index contributed by atoms with van der Waals surface area (Å²) in [4.78, 5) is 35.7. The van der Waals surface area contributed by atoms with E-state index in [0.717, 1.165) is 52.9 Å². The number of fused-ring (bicyclic) bond motifs is 3. The van der Waals surface area contributed by atoms with Crippen LogP contribution < -0.4 is 10.5 Å². The number of ether oxygens (including phenoxy) is 1. The van der Waals surface area contributed by atoms with Crippen LogP contribution in [-0.2, 0) is 24.1 Å². The number of H-pyrrole nitrogens is 1. The molecule has 0 spiro atoms. The lowest BCUT2D eigenvalue weighted by Crippen LogP contribution is -2.25. The Morgan fingerprint density at radius 1 is 1.25 bits per heavy atom. The number of nitrogens with zero attached hydrogens (tertiary/aromatic N) is 2. The van der Waals surface area contributed by atoms with Gasteiger partial charge in [0.05, 0.1) is 22.6 Å². The number of nitrogens with one attached hydrogen (secondary N) is 1. The molecule has 3 aromatic heterocycles. The van der Waals surface area contributed by atoms with Gasteiger partial charge < -0.3 is 20.6 Å². The van der Waals surface area contributed by atoms with Crippen molar-refractivity contribution in [1.82, 2.24) is 15.0 Å². The second kappa shape index (κ2) is 7.27. The molecular formula is C24H24N4O4. The fourth-order valence-electron chi connectivity index (χ4n) is 4.49. The number of hydrogen-bond acceptors (Lipinski definition) is 6. The summed E-state index contributed by atoms with van der Waals surface area (Å²) in [7, 11) is 0. The molecule has 8 heteroatoms. The van der Waals surface area contributed by atoms with Crippen LogP contribution in [0.5, 0.6) is 5.88 Å². The van der Waals surface area contributed by atoms with E-state index >= 15 is 0 Å². The predicted octanol–water partition coefficient (Wildman–Crippen LogP) is 3.20. The molecule has 0 aliphatic heterocycles. The molecule has 0 unspecified atom stereocenters. The van der Waals surface area contributed by atoms with Crippen molar-refractivity contribution in [3.05, 3.63) is 52.5 Å². The van der Waals surface area contributed by atoms with Crippen LogP contribution in [0.25, 0.3) is 22.5 Å². The number of rotatable bonds is 5. The lowest BCUT2D eigenvalue weighted by Gasteiger charge is -2.18. The number of carboxylic acid groups (broad SMARTS) is 1. The molecule has 3 heterocycles. The number of carbonyl (C=O) groups excluding carboxylic acids is 1. The van der Waals surface area contributed by atoms with Crippen LogP contribution in [0, 0.1) is 6.92 Å². The van der Waals surface area contributed by atoms with E-state index in [0.29, 0.717) is 29.8 Å². The zero-order valence-electron chi connectivity index (χ0n) is 18.0. The lowest BCUT2D eigenvalue weighted by atomic mass is 9.88. The van der Waals surface area contributed by atoms with Crippen molar-refractivity contribution in [3.63, 3.8) is 0 Å². The Labute approximate surface area is 184 Å². The van der Waals surface area contributed by atoms with E-state index in [1.165, 1.54) is 6.92 Å². The van der Waals surface area contributed by atoms with Gasteiger partial charge >= 0.3 is 11.9 Å². The van der Waals surface area contributed by atoms with E-state index in [4.69, 9.17) is 10.5 Å². The molecule has 0 radical (unpaired) electrons. The second-order valence-corrected chi connectivity index (χ2v) is 8.78. The molecule has 0 saturated heterocycles. The molecule has 1 saturated carbocycles. The van der Waals surface area contributed by atoms with Gasteiger partial charge in [0.2, 0.25) is 5.88 Å². The average molecular weight is 432 g/mol. The summed E-state index contributed by atoms with van der Waals surface area (Å²) in [5, 5.41) is 9.92. The highest BCUT2D eigenvalue weighted by molar-refractivity contribution is 5.95. The normalized spacial score (nSPS) is 15.6. The maximum absolute atomic E-state index is 12.1. The molecule has 1 fully saturated rings. The van der Waals surface area contributed by atoms with Gasteiger partial charge in [-0.1, -0.05) is 0 Å². The molecule has 0 amide bonds. The maximum Gasteiger partial charge on any atom is 0.337 e. The predicted molar refractivity (Wildman–Crippen MR) is 118 cm³/mol. The summed E-state index contributed by atoms with van der Waals surface area (Å²) < 4.78 is 5.06. The zero-order valence-corrected chi connectivity index (χ0v) is 18.0. The van der Waals surface area contributed by atoms with Crippen LogP contribution >= 0.6 is 0 Å². The largest absolute Gasteiger partial charge is 0.478 e. The SMILES string of the molecule is CC(=O)Oc1ccc(-c2cc3c(cn2)CCc2c-3[nH]c(CC3(N)CC3)c2C(=O)O)c(C)n1. The highest BCUT2D eigenvalue weighted by atomic mass is 16.5. The average Bonchev–Trinajstić information content (AvgIpc) is 3.32. The first-order chi connectivity index (χ1) is 15.2. The Hall–Kier alpha value is -3.52. The van der Waals surface area contributed by atoms with Crippen LogP contribution in [0.1, 0.15) is 52.6 Å². The van der Waals surface area contributed by atoms with Crippen LogP contribution in [0.15, 0.2) is 24.4 Å². The number of hydrogen-bond donors (Lipinski definition) is 3. The van der Waals surface area contributed by atoms with E-state index in [1.54, 1.807) is 6.07 Å². The van der Waals surface area contributed by atoms with Gasteiger partial charge in [-0.25, -0.2) is 9.78 Å². The van der Waals surface area contributed by atoms with Crippen molar-refractivity contribution in [3.8, 4) is 28.4 Å². The third-order valence-corrected chi connectivity index (χ3v) is 6.30. The third kappa shape index (κ3) is 3.56. The first-order valence-corrected chi connectivity index (χ1v) is 10.7. The van der Waals surface area contributed by atoms with Crippen LogP contribution in [0.2, 0.25) is 0 Å². The Morgan fingerprint density at radius 3 is 2.69 bits per heavy atom.